The second-order valence-electron chi connectivity index (χ2n) is 5.57. The number of nitrogens with zero attached hydrogens (tertiary/aromatic N) is 1. The number of hydrogen-bond donors (Lipinski definition) is 1. The maximum atomic E-state index is 3.47. The third-order valence-corrected chi connectivity index (χ3v) is 4.45. The van der Waals surface area contributed by atoms with E-state index in [1.165, 1.54) is 71.1 Å². The molecular formula is C14H29ClN2. The van der Waals surface area contributed by atoms with E-state index in [1.54, 1.807) is 0 Å². The first kappa shape index (κ1) is 15.3. The summed E-state index contributed by atoms with van der Waals surface area (Å²) >= 11 is 0. The quantitative estimate of drug-likeness (QED) is 0.836. The highest BCUT2D eigenvalue weighted by Gasteiger charge is 2.23. The Kier molecular flexibility index (Phi) is 7.49. The van der Waals surface area contributed by atoms with Crippen molar-refractivity contribution in [2.75, 3.05) is 26.2 Å². The van der Waals surface area contributed by atoms with Gasteiger partial charge in [-0.1, -0.05) is 26.2 Å². The van der Waals surface area contributed by atoms with Crippen LogP contribution in [0.15, 0.2) is 0 Å². The van der Waals surface area contributed by atoms with Crippen molar-refractivity contribution in [2.45, 2.75) is 57.9 Å². The summed E-state index contributed by atoms with van der Waals surface area (Å²) in [5, 5.41) is 3.47. The smallest absolute Gasteiger partial charge is 0.00952 e. The van der Waals surface area contributed by atoms with Gasteiger partial charge in [-0.15, -0.1) is 12.4 Å². The average Bonchev–Trinajstić information content (AvgIpc) is 2.38. The summed E-state index contributed by atoms with van der Waals surface area (Å²) in [5.74, 6) is 0.961. The van der Waals surface area contributed by atoms with Crippen molar-refractivity contribution in [3.05, 3.63) is 0 Å². The largest absolute Gasteiger partial charge is 0.317 e. The van der Waals surface area contributed by atoms with E-state index in [0.717, 1.165) is 12.0 Å². The normalized spacial score (nSPS) is 23.6. The summed E-state index contributed by atoms with van der Waals surface area (Å²) < 4.78 is 0. The lowest BCUT2D eigenvalue weighted by Crippen LogP contribution is -2.42. The molecule has 17 heavy (non-hydrogen) atoms. The van der Waals surface area contributed by atoms with Gasteiger partial charge in [-0.05, 0) is 51.2 Å². The molecule has 2 aliphatic rings. The maximum Gasteiger partial charge on any atom is 0.00952 e. The Balaban J connectivity index is 0.00000144. The third-order valence-electron chi connectivity index (χ3n) is 4.45. The molecule has 2 fully saturated rings. The molecule has 1 saturated heterocycles. The van der Waals surface area contributed by atoms with Crippen molar-refractivity contribution in [1.29, 1.82) is 0 Å². The van der Waals surface area contributed by atoms with Crippen LogP contribution in [0.1, 0.15) is 51.9 Å². The van der Waals surface area contributed by atoms with Gasteiger partial charge >= 0.3 is 0 Å². The van der Waals surface area contributed by atoms with E-state index in [-0.39, 0.29) is 12.4 Å². The molecule has 1 N–H and O–H groups in total. The molecule has 0 unspecified atom stereocenters. The van der Waals surface area contributed by atoms with Crippen LogP contribution in [0.2, 0.25) is 0 Å². The van der Waals surface area contributed by atoms with Crippen molar-refractivity contribution in [3.8, 4) is 0 Å². The zero-order valence-electron chi connectivity index (χ0n) is 11.3. The first-order valence-electron chi connectivity index (χ1n) is 7.35. The highest BCUT2D eigenvalue weighted by atomic mass is 35.5. The third kappa shape index (κ3) is 4.76. The number of nitrogens with one attached hydrogen (secondary N) is 1. The lowest BCUT2D eigenvalue weighted by molar-refractivity contribution is 0.129. The molecule has 1 aliphatic carbocycles. The molecule has 0 radical (unpaired) electrons. The van der Waals surface area contributed by atoms with Crippen molar-refractivity contribution in [2.24, 2.45) is 5.92 Å². The summed E-state index contributed by atoms with van der Waals surface area (Å²) in [6, 6.07) is 0.911. The predicted molar refractivity (Wildman–Crippen MR) is 77.0 cm³/mol. The van der Waals surface area contributed by atoms with Gasteiger partial charge in [0.15, 0.2) is 0 Å². The topological polar surface area (TPSA) is 15.3 Å². The summed E-state index contributed by atoms with van der Waals surface area (Å²) in [5.41, 5.74) is 0. The molecule has 1 aliphatic heterocycles. The van der Waals surface area contributed by atoms with E-state index in [9.17, 15) is 0 Å². The van der Waals surface area contributed by atoms with Crippen LogP contribution in [-0.2, 0) is 0 Å². The maximum absolute atomic E-state index is 3.47. The number of rotatable bonds is 4. The first-order chi connectivity index (χ1) is 7.90. The van der Waals surface area contributed by atoms with Crippen LogP contribution in [0.5, 0.6) is 0 Å². The molecule has 1 saturated carbocycles. The minimum Gasteiger partial charge on any atom is -0.317 e. The zero-order valence-corrected chi connectivity index (χ0v) is 12.1. The van der Waals surface area contributed by atoms with Crippen molar-refractivity contribution >= 4 is 12.4 Å². The second-order valence-corrected chi connectivity index (χ2v) is 5.57. The van der Waals surface area contributed by atoms with Crippen molar-refractivity contribution in [3.63, 3.8) is 0 Å². The van der Waals surface area contributed by atoms with Gasteiger partial charge < -0.3 is 10.2 Å². The standard InChI is InChI=1S/C14H28N2.ClH/c1-2-16(14-6-4-3-5-7-14)12-13-8-10-15-11-9-13;/h13-15H,2-12H2,1H3;1H. The molecular weight excluding hydrogens is 232 g/mol. The highest BCUT2D eigenvalue weighted by Crippen LogP contribution is 2.24. The van der Waals surface area contributed by atoms with E-state index in [4.69, 9.17) is 0 Å². The molecule has 0 amide bonds. The minimum atomic E-state index is 0. The molecule has 102 valence electrons. The monoisotopic (exact) mass is 260 g/mol. The van der Waals surface area contributed by atoms with Crippen LogP contribution in [0.25, 0.3) is 0 Å². The van der Waals surface area contributed by atoms with Gasteiger partial charge in [0.25, 0.3) is 0 Å². The van der Waals surface area contributed by atoms with E-state index in [2.05, 4.69) is 17.1 Å². The van der Waals surface area contributed by atoms with Crippen LogP contribution < -0.4 is 5.32 Å². The molecule has 1 heterocycles. The Labute approximate surface area is 113 Å². The molecule has 0 aromatic carbocycles. The molecule has 0 aromatic heterocycles. The van der Waals surface area contributed by atoms with E-state index in [0.29, 0.717) is 0 Å². The average molecular weight is 261 g/mol. The van der Waals surface area contributed by atoms with Crippen LogP contribution in [-0.4, -0.2) is 37.1 Å². The zero-order chi connectivity index (χ0) is 11.2. The van der Waals surface area contributed by atoms with Crippen LogP contribution in [0.3, 0.4) is 0 Å². The fourth-order valence-corrected chi connectivity index (χ4v) is 3.38. The SMILES string of the molecule is CCN(CC1CCNCC1)C1CCCCC1.Cl. The highest BCUT2D eigenvalue weighted by molar-refractivity contribution is 5.85. The molecule has 0 atom stereocenters. The predicted octanol–water partition coefficient (Wildman–Crippen LogP) is 3.06. The van der Waals surface area contributed by atoms with Gasteiger partial charge in [-0.3, -0.25) is 0 Å². The summed E-state index contributed by atoms with van der Waals surface area (Å²) in [6.07, 6.45) is 10.1. The number of halogens is 1. The number of hydrogen-bond acceptors (Lipinski definition) is 2. The van der Waals surface area contributed by atoms with Crippen molar-refractivity contribution < 1.29 is 0 Å². The number of piperidine rings is 1. The van der Waals surface area contributed by atoms with Crippen LogP contribution in [0.4, 0.5) is 0 Å². The summed E-state index contributed by atoms with van der Waals surface area (Å²) in [7, 11) is 0. The fourth-order valence-electron chi connectivity index (χ4n) is 3.38. The van der Waals surface area contributed by atoms with Crippen LogP contribution in [0, 0.1) is 5.92 Å². The van der Waals surface area contributed by atoms with Gasteiger partial charge in [-0.2, -0.15) is 0 Å². The second kappa shape index (κ2) is 8.34. The van der Waals surface area contributed by atoms with Gasteiger partial charge in [0.05, 0.1) is 0 Å². The fraction of sp³-hybridized carbons (Fsp3) is 1.00. The Morgan fingerprint density at radius 3 is 2.24 bits per heavy atom. The van der Waals surface area contributed by atoms with E-state index in [1.807, 2.05) is 0 Å². The Hall–Kier alpha value is 0.210. The molecule has 0 bridgehead atoms. The van der Waals surface area contributed by atoms with E-state index < -0.39 is 0 Å². The molecule has 0 aromatic rings. The summed E-state index contributed by atoms with van der Waals surface area (Å²) in [6.45, 7) is 7.45. The lowest BCUT2D eigenvalue weighted by atomic mass is 9.91. The van der Waals surface area contributed by atoms with Gasteiger partial charge in [-0.25, -0.2) is 0 Å². The molecule has 3 heteroatoms. The van der Waals surface area contributed by atoms with Gasteiger partial charge in [0.2, 0.25) is 0 Å². The lowest BCUT2D eigenvalue weighted by Gasteiger charge is -2.37. The van der Waals surface area contributed by atoms with Crippen LogP contribution >= 0.6 is 12.4 Å². The molecule has 2 rings (SSSR count). The Bertz CT molecular complexity index is 187. The minimum absolute atomic E-state index is 0. The Morgan fingerprint density at radius 1 is 1.00 bits per heavy atom. The van der Waals surface area contributed by atoms with E-state index >= 15 is 0 Å². The van der Waals surface area contributed by atoms with Gasteiger partial charge in [0.1, 0.15) is 0 Å². The van der Waals surface area contributed by atoms with Crippen molar-refractivity contribution in [1.82, 2.24) is 10.2 Å². The Morgan fingerprint density at radius 2 is 1.65 bits per heavy atom. The summed E-state index contributed by atoms with van der Waals surface area (Å²) in [4.78, 5) is 2.77. The van der Waals surface area contributed by atoms with Gasteiger partial charge in [0, 0.05) is 12.6 Å². The molecule has 2 nitrogen and oxygen atoms in total. The first-order valence-corrected chi connectivity index (χ1v) is 7.35. The molecule has 0 spiro atoms.